The van der Waals surface area contributed by atoms with Gasteiger partial charge in [0, 0.05) is 62.6 Å². The van der Waals surface area contributed by atoms with Crippen LogP contribution in [0, 0.1) is 17.2 Å². The Labute approximate surface area is 197 Å². The number of pyridine rings is 1. The van der Waals surface area contributed by atoms with E-state index in [9.17, 15) is 23.2 Å². The molecular formula is C24H29F3N6O. The number of nitrogens with zero attached hydrogens (tertiary/aromatic N) is 5. The monoisotopic (exact) mass is 474 g/mol. The molecule has 3 heterocycles. The average Bonchev–Trinajstić information content (AvgIpc) is 2.82. The maximum absolute atomic E-state index is 13.9. The van der Waals surface area contributed by atoms with E-state index in [-0.39, 0.29) is 25.4 Å². The number of alkyl halides is 3. The van der Waals surface area contributed by atoms with Crippen LogP contribution in [0.5, 0.6) is 0 Å². The van der Waals surface area contributed by atoms with Gasteiger partial charge in [-0.05, 0) is 44.7 Å². The van der Waals surface area contributed by atoms with E-state index in [4.69, 9.17) is 0 Å². The molecule has 1 amide bonds. The molecule has 0 aliphatic carbocycles. The number of piperidine rings is 1. The van der Waals surface area contributed by atoms with Crippen LogP contribution in [-0.2, 0) is 4.79 Å². The van der Waals surface area contributed by atoms with E-state index in [1.54, 1.807) is 35.4 Å². The maximum Gasteiger partial charge on any atom is 0.393 e. The molecule has 2 saturated heterocycles. The molecule has 34 heavy (non-hydrogen) atoms. The van der Waals surface area contributed by atoms with Crippen molar-refractivity contribution in [2.75, 3.05) is 51.2 Å². The van der Waals surface area contributed by atoms with Crippen molar-refractivity contribution in [1.29, 1.82) is 5.26 Å². The Hall–Kier alpha value is -2.90. The lowest BCUT2D eigenvalue weighted by molar-refractivity contribution is -0.178. The number of amides is 1. The largest absolute Gasteiger partial charge is 0.393 e. The number of hydrogen-bond donors (Lipinski definition) is 1. The van der Waals surface area contributed by atoms with Crippen LogP contribution in [0.25, 0.3) is 10.9 Å². The number of rotatable bonds is 4. The van der Waals surface area contributed by atoms with Crippen LogP contribution in [0.15, 0.2) is 30.5 Å². The van der Waals surface area contributed by atoms with Gasteiger partial charge >= 0.3 is 6.18 Å². The fourth-order valence-electron chi connectivity index (χ4n) is 4.86. The SMILES string of the molecule is C[C@H](C(=O)NC1C[C@H](C(F)(F)F)CN(c2ccc(C#N)c3ncccc23)C1)N1CCN(C)CC1. The zero-order valence-electron chi connectivity index (χ0n) is 19.3. The highest BCUT2D eigenvalue weighted by molar-refractivity contribution is 5.95. The molecule has 2 aliphatic rings. The Bertz CT molecular complexity index is 1080. The van der Waals surface area contributed by atoms with Crippen LogP contribution in [-0.4, -0.2) is 85.3 Å². The van der Waals surface area contributed by atoms with Gasteiger partial charge in [-0.2, -0.15) is 18.4 Å². The quantitative estimate of drug-likeness (QED) is 0.735. The molecule has 1 aromatic heterocycles. The van der Waals surface area contributed by atoms with Crippen LogP contribution in [0.4, 0.5) is 18.9 Å². The summed E-state index contributed by atoms with van der Waals surface area (Å²) in [6.07, 6.45) is -2.98. The van der Waals surface area contributed by atoms with Gasteiger partial charge < -0.3 is 15.1 Å². The Kier molecular flexibility index (Phi) is 6.96. The van der Waals surface area contributed by atoms with Crippen LogP contribution < -0.4 is 10.2 Å². The lowest BCUT2D eigenvalue weighted by Gasteiger charge is -2.41. The molecule has 0 spiro atoms. The molecule has 1 N–H and O–H groups in total. The van der Waals surface area contributed by atoms with Gasteiger partial charge in [-0.15, -0.1) is 0 Å². The molecule has 10 heteroatoms. The normalized spacial score (nSPS) is 23.5. The Morgan fingerprint density at radius 3 is 2.62 bits per heavy atom. The molecule has 2 aromatic rings. The molecule has 1 unspecified atom stereocenters. The molecule has 182 valence electrons. The van der Waals surface area contributed by atoms with Gasteiger partial charge in [0.25, 0.3) is 0 Å². The van der Waals surface area contributed by atoms with Crippen molar-refractivity contribution in [2.45, 2.75) is 31.6 Å². The summed E-state index contributed by atoms with van der Waals surface area (Å²) >= 11 is 0. The van der Waals surface area contributed by atoms with Crippen molar-refractivity contribution in [3.8, 4) is 6.07 Å². The number of nitriles is 1. The summed E-state index contributed by atoms with van der Waals surface area (Å²) in [7, 11) is 2.03. The Balaban J connectivity index is 1.56. The third kappa shape index (κ3) is 5.10. The first kappa shape index (κ1) is 24.2. The molecule has 2 aliphatic heterocycles. The number of anilines is 1. The first-order valence-corrected chi connectivity index (χ1v) is 11.5. The molecule has 0 saturated carbocycles. The summed E-state index contributed by atoms with van der Waals surface area (Å²) in [5.74, 6) is -1.82. The van der Waals surface area contributed by atoms with Crippen molar-refractivity contribution in [3.05, 3.63) is 36.0 Å². The highest BCUT2D eigenvalue weighted by Gasteiger charge is 2.45. The number of carbonyl (C=O) groups is 1. The number of benzene rings is 1. The zero-order valence-corrected chi connectivity index (χ0v) is 19.3. The van der Waals surface area contributed by atoms with Crippen LogP contribution in [0.2, 0.25) is 0 Å². The maximum atomic E-state index is 13.9. The molecule has 3 atom stereocenters. The standard InChI is InChI=1S/C24H29F3N6O/c1-16(32-10-8-31(2)9-11-32)23(34)30-19-12-18(24(25,26)27)14-33(15-19)21-6-5-17(13-28)22-20(21)4-3-7-29-22/h3-7,16,18-19H,8-12,14-15H2,1-2H3,(H,30,34)/t16-,18+,19?/m1/s1. The number of likely N-dealkylation sites (N-methyl/N-ethyl adjacent to an activating group) is 1. The van der Waals surface area contributed by atoms with Crippen LogP contribution in [0.3, 0.4) is 0 Å². The predicted molar refractivity (Wildman–Crippen MR) is 123 cm³/mol. The minimum atomic E-state index is -4.38. The van der Waals surface area contributed by atoms with E-state index in [1.807, 2.05) is 14.0 Å². The van der Waals surface area contributed by atoms with Crippen molar-refractivity contribution in [2.24, 2.45) is 5.92 Å². The van der Waals surface area contributed by atoms with E-state index < -0.39 is 24.2 Å². The molecule has 2 fully saturated rings. The molecular weight excluding hydrogens is 445 g/mol. The summed E-state index contributed by atoms with van der Waals surface area (Å²) in [6.45, 7) is 5.05. The summed E-state index contributed by atoms with van der Waals surface area (Å²) in [4.78, 5) is 23.2. The van der Waals surface area contributed by atoms with Gasteiger partial charge in [-0.3, -0.25) is 14.7 Å². The third-order valence-electron chi connectivity index (χ3n) is 6.93. The number of nitrogens with one attached hydrogen (secondary N) is 1. The average molecular weight is 475 g/mol. The molecule has 0 bridgehead atoms. The van der Waals surface area contributed by atoms with Gasteiger partial charge in [0.1, 0.15) is 6.07 Å². The van der Waals surface area contributed by atoms with E-state index in [0.29, 0.717) is 22.2 Å². The highest BCUT2D eigenvalue weighted by atomic mass is 19.4. The second-order valence-corrected chi connectivity index (χ2v) is 9.24. The number of halogens is 3. The van der Waals surface area contributed by atoms with Crippen molar-refractivity contribution in [3.63, 3.8) is 0 Å². The van der Waals surface area contributed by atoms with Crippen LogP contribution in [0.1, 0.15) is 18.9 Å². The zero-order chi connectivity index (χ0) is 24.5. The topological polar surface area (TPSA) is 75.5 Å². The molecule has 4 rings (SSSR count). The van der Waals surface area contributed by atoms with Crippen molar-refractivity contribution in [1.82, 2.24) is 20.1 Å². The molecule has 7 nitrogen and oxygen atoms in total. The highest BCUT2D eigenvalue weighted by Crippen LogP contribution is 2.37. The van der Waals surface area contributed by atoms with Crippen molar-refractivity contribution < 1.29 is 18.0 Å². The van der Waals surface area contributed by atoms with E-state index in [1.165, 1.54) is 0 Å². The van der Waals surface area contributed by atoms with Gasteiger partial charge in [0.05, 0.1) is 23.0 Å². The Morgan fingerprint density at radius 1 is 1.21 bits per heavy atom. The number of fused-ring (bicyclic) bond motifs is 1. The number of piperazine rings is 1. The van der Waals surface area contributed by atoms with E-state index in [2.05, 4.69) is 26.2 Å². The van der Waals surface area contributed by atoms with Crippen LogP contribution >= 0.6 is 0 Å². The second-order valence-electron chi connectivity index (χ2n) is 9.24. The third-order valence-corrected chi connectivity index (χ3v) is 6.93. The Morgan fingerprint density at radius 2 is 1.94 bits per heavy atom. The number of aromatic nitrogens is 1. The lowest BCUT2D eigenvalue weighted by atomic mass is 9.92. The van der Waals surface area contributed by atoms with Gasteiger partial charge in [0.2, 0.25) is 5.91 Å². The minimum Gasteiger partial charge on any atom is -0.368 e. The summed E-state index contributed by atoms with van der Waals surface area (Å²) in [6, 6.07) is 7.76. The lowest BCUT2D eigenvalue weighted by Crippen LogP contribution is -2.58. The van der Waals surface area contributed by atoms with Gasteiger partial charge in [-0.25, -0.2) is 0 Å². The van der Waals surface area contributed by atoms with E-state index >= 15 is 0 Å². The first-order chi connectivity index (χ1) is 16.2. The molecule has 1 aromatic carbocycles. The van der Waals surface area contributed by atoms with Gasteiger partial charge in [-0.1, -0.05) is 0 Å². The fraction of sp³-hybridized carbons (Fsp3) is 0.542. The smallest absolute Gasteiger partial charge is 0.368 e. The fourth-order valence-corrected chi connectivity index (χ4v) is 4.86. The predicted octanol–water partition coefficient (Wildman–Crippen LogP) is 2.62. The first-order valence-electron chi connectivity index (χ1n) is 11.5. The summed E-state index contributed by atoms with van der Waals surface area (Å²) in [5.41, 5.74) is 1.41. The van der Waals surface area contributed by atoms with E-state index in [0.717, 1.165) is 26.2 Å². The number of hydrogen-bond acceptors (Lipinski definition) is 6. The summed E-state index contributed by atoms with van der Waals surface area (Å²) in [5, 5.41) is 12.9. The minimum absolute atomic E-state index is 0.159. The second kappa shape index (κ2) is 9.76. The van der Waals surface area contributed by atoms with Gasteiger partial charge in [0.15, 0.2) is 0 Å². The van der Waals surface area contributed by atoms with Crippen molar-refractivity contribution >= 4 is 22.5 Å². The summed E-state index contributed by atoms with van der Waals surface area (Å²) < 4.78 is 41.6. The molecule has 0 radical (unpaired) electrons. The number of carbonyl (C=O) groups excluding carboxylic acids is 1.